The van der Waals surface area contributed by atoms with Gasteiger partial charge in [-0.3, -0.25) is 4.79 Å². The second-order valence-electron chi connectivity index (χ2n) is 6.63. The summed E-state index contributed by atoms with van der Waals surface area (Å²) in [5, 5.41) is 9.08. The van der Waals surface area contributed by atoms with Crippen LogP contribution in [-0.2, 0) is 11.3 Å². The van der Waals surface area contributed by atoms with Gasteiger partial charge in [-0.05, 0) is 31.9 Å². The number of hydrogen-bond donors (Lipinski definition) is 1. The predicted molar refractivity (Wildman–Crippen MR) is 80.9 cm³/mol. The molecule has 5 heteroatoms. The fourth-order valence-corrected chi connectivity index (χ4v) is 3.13. The van der Waals surface area contributed by atoms with E-state index >= 15 is 0 Å². The van der Waals surface area contributed by atoms with Gasteiger partial charge in [0.2, 0.25) is 5.91 Å². The number of nitrogens with zero attached hydrogens (tertiary/aromatic N) is 1. The van der Waals surface area contributed by atoms with Crippen molar-refractivity contribution in [1.82, 2.24) is 4.90 Å². The zero-order chi connectivity index (χ0) is 15.9. The van der Waals surface area contributed by atoms with E-state index in [2.05, 4.69) is 0 Å². The van der Waals surface area contributed by atoms with Gasteiger partial charge in [0, 0.05) is 17.5 Å². The Morgan fingerprint density at radius 3 is 2.68 bits per heavy atom. The first-order chi connectivity index (χ1) is 10.4. The number of rotatable bonds is 2. The minimum absolute atomic E-state index is 0.0226. The van der Waals surface area contributed by atoms with Gasteiger partial charge in [0.05, 0.1) is 11.6 Å². The van der Waals surface area contributed by atoms with Crippen molar-refractivity contribution in [3.8, 4) is 5.75 Å². The number of carbonyl (C=O) groups is 2. The second-order valence-corrected chi connectivity index (χ2v) is 6.63. The molecular formula is C17H21NO4. The molecule has 1 aliphatic heterocycles. The van der Waals surface area contributed by atoms with Crippen molar-refractivity contribution in [3.05, 3.63) is 29.3 Å². The van der Waals surface area contributed by atoms with Gasteiger partial charge in [0.25, 0.3) is 0 Å². The first-order valence-corrected chi connectivity index (χ1v) is 7.71. The molecule has 0 spiro atoms. The number of ether oxygens (including phenoxy) is 1. The fraction of sp³-hybridized carbons (Fsp3) is 0.529. The maximum Gasteiger partial charge on any atom is 0.335 e. The van der Waals surface area contributed by atoms with Crippen LogP contribution in [0, 0.1) is 5.41 Å². The van der Waals surface area contributed by atoms with Gasteiger partial charge < -0.3 is 14.7 Å². The van der Waals surface area contributed by atoms with Crippen LogP contribution in [0.3, 0.4) is 0 Å². The van der Waals surface area contributed by atoms with E-state index in [9.17, 15) is 9.59 Å². The summed E-state index contributed by atoms with van der Waals surface area (Å²) in [5.74, 6) is -0.218. The molecule has 1 unspecified atom stereocenters. The number of amides is 1. The molecule has 0 saturated heterocycles. The first-order valence-electron chi connectivity index (χ1n) is 7.71. The SMILES string of the molecule is CC1COc2cc(C(=O)O)ccc2CN1C(=O)C1(C)CCC1. The third-order valence-electron chi connectivity index (χ3n) is 4.90. The van der Waals surface area contributed by atoms with E-state index in [-0.39, 0.29) is 22.9 Å². The Balaban J connectivity index is 1.88. The van der Waals surface area contributed by atoms with Crippen LogP contribution in [0.1, 0.15) is 49.0 Å². The van der Waals surface area contributed by atoms with Gasteiger partial charge >= 0.3 is 5.97 Å². The Morgan fingerprint density at radius 2 is 2.09 bits per heavy atom. The average molecular weight is 303 g/mol. The molecule has 3 rings (SSSR count). The van der Waals surface area contributed by atoms with Crippen LogP contribution in [0.5, 0.6) is 5.75 Å². The van der Waals surface area contributed by atoms with Gasteiger partial charge in [0.15, 0.2) is 0 Å². The van der Waals surface area contributed by atoms with Crippen molar-refractivity contribution in [2.45, 2.75) is 45.7 Å². The number of fused-ring (bicyclic) bond motifs is 1. The summed E-state index contributed by atoms with van der Waals surface area (Å²) in [6, 6.07) is 4.84. The molecule has 0 bridgehead atoms. The normalized spacial score (nSPS) is 22.8. The largest absolute Gasteiger partial charge is 0.491 e. The van der Waals surface area contributed by atoms with Crippen LogP contribution in [0.15, 0.2) is 18.2 Å². The summed E-state index contributed by atoms with van der Waals surface area (Å²) in [5.41, 5.74) is 0.836. The number of carbonyl (C=O) groups excluding carboxylic acids is 1. The van der Waals surface area contributed by atoms with Gasteiger partial charge in [-0.25, -0.2) is 4.79 Å². The summed E-state index contributed by atoms with van der Waals surface area (Å²) in [7, 11) is 0. The molecule has 1 saturated carbocycles. The fourth-order valence-electron chi connectivity index (χ4n) is 3.13. The third-order valence-corrected chi connectivity index (χ3v) is 4.90. The lowest BCUT2D eigenvalue weighted by molar-refractivity contribution is -0.149. The molecule has 0 aromatic heterocycles. The lowest BCUT2D eigenvalue weighted by atomic mass is 9.69. The molecule has 1 heterocycles. The molecule has 118 valence electrons. The van der Waals surface area contributed by atoms with Gasteiger partial charge in [-0.2, -0.15) is 0 Å². The van der Waals surface area contributed by atoms with E-state index in [1.165, 1.54) is 0 Å². The van der Waals surface area contributed by atoms with E-state index in [1.807, 2.05) is 18.7 Å². The Labute approximate surface area is 129 Å². The standard InChI is InChI=1S/C17H21NO4/c1-11-10-22-14-8-12(15(19)20)4-5-13(14)9-18(11)16(21)17(2)6-3-7-17/h4-5,8,11H,3,6-7,9-10H2,1-2H3,(H,19,20). The van der Waals surface area contributed by atoms with Gasteiger partial charge in [-0.15, -0.1) is 0 Å². The molecule has 22 heavy (non-hydrogen) atoms. The molecule has 1 aromatic carbocycles. The minimum atomic E-state index is -0.974. The molecule has 1 fully saturated rings. The highest BCUT2D eigenvalue weighted by atomic mass is 16.5. The maximum atomic E-state index is 12.8. The van der Waals surface area contributed by atoms with Gasteiger partial charge in [-0.1, -0.05) is 19.4 Å². The van der Waals surface area contributed by atoms with Crippen LogP contribution in [-0.4, -0.2) is 34.5 Å². The Morgan fingerprint density at radius 1 is 1.36 bits per heavy atom. The van der Waals surface area contributed by atoms with E-state index in [0.29, 0.717) is 18.9 Å². The molecule has 2 aliphatic rings. The maximum absolute atomic E-state index is 12.8. The van der Waals surface area contributed by atoms with Crippen LogP contribution < -0.4 is 4.74 Å². The summed E-state index contributed by atoms with van der Waals surface area (Å²) in [6.45, 7) is 4.87. The molecule has 1 atom stereocenters. The second kappa shape index (κ2) is 5.30. The topological polar surface area (TPSA) is 66.8 Å². The van der Waals surface area contributed by atoms with Crippen molar-refractivity contribution in [3.63, 3.8) is 0 Å². The zero-order valence-electron chi connectivity index (χ0n) is 13.0. The summed E-state index contributed by atoms with van der Waals surface area (Å²) < 4.78 is 5.74. The zero-order valence-corrected chi connectivity index (χ0v) is 13.0. The van der Waals surface area contributed by atoms with E-state index in [1.54, 1.807) is 18.2 Å². The van der Waals surface area contributed by atoms with Crippen LogP contribution >= 0.6 is 0 Å². The van der Waals surface area contributed by atoms with E-state index in [4.69, 9.17) is 9.84 Å². The number of hydrogen-bond acceptors (Lipinski definition) is 3. The van der Waals surface area contributed by atoms with Crippen molar-refractivity contribution in [2.24, 2.45) is 5.41 Å². The lowest BCUT2D eigenvalue weighted by Crippen LogP contribution is -2.49. The van der Waals surface area contributed by atoms with Crippen LogP contribution in [0.25, 0.3) is 0 Å². The molecular weight excluding hydrogens is 282 g/mol. The Hall–Kier alpha value is -2.04. The summed E-state index contributed by atoms with van der Waals surface area (Å²) >= 11 is 0. The smallest absolute Gasteiger partial charge is 0.335 e. The van der Waals surface area contributed by atoms with Crippen molar-refractivity contribution >= 4 is 11.9 Å². The Bertz CT molecular complexity index is 621. The summed E-state index contributed by atoms with van der Waals surface area (Å²) in [4.78, 5) is 25.8. The van der Waals surface area contributed by atoms with E-state index < -0.39 is 5.97 Å². The van der Waals surface area contributed by atoms with Crippen molar-refractivity contribution in [1.29, 1.82) is 0 Å². The number of aromatic carboxylic acids is 1. The Kier molecular flexibility index (Phi) is 3.59. The first kappa shape index (κ1) is 14.9. The predicted octanol–water partition coefficient (Wildman–Crippen LogP) is 2.68. The number of carboxylic acid groups (broad SMARTS) is 1. The number of benzene rings is 1. The quantitative estimate of drug-likeness (QED) is 0.912. The molecule has 5 nitrogen and oxygen atoms in total. The third kappa shape index (κ3) is 2.45. The van der Waals surface area contributed by atoms with Crippen molar-refractivity contribution < 1.29 is 19.4 Å². The van der Waals surface area contributed by atoms with Gasteiger partial charge in [0.1, 0.15) is 12.4 Å². The highest BCUT2D eigenvalue weighted by Gasteiger charge is 2.43. The summed E-state index contributed by atoms with van der Waals surface area (Å²) in [6.07, 6.45) is 3.00. The van der Waals surface area contributed by atoms with Crippen molar-refractivity contribution in [2.75, 3.05) is 6.61 Å². The molecule has 1 aromatic rings. The average Bonchev–Trinajstić information content (AvgIpc) is 2.63. The molecule has 1 aliphatic carbocycles. The minimum Gasteiger partial charge on any atom is -0.491 e. The molecule has 1 amide bonds. The van der Waals surface area contributed by atoms with Crippen LogP contribution in [0.4, 0.5) is 0 Å². The molecule has 0 radical (unpaired) electrons. The monoisotopic (exact) mass is 303 g/mol. The number of carboxylic acids is 1. The van der Waals surface area contributed by atoms with E-state index in [0.717, 1.165) is 24.8 Å². The lowest BCUT2D eigenvalue weighted by Gasteiger charge is -2.42. The highest BCUT2D eigenvalue weighted by Crippen LogP contribution is 2.43. The van der Waals surface area contributed by atoms with Crippen LogP contribution in [0.2, 0.25) is 0 Å². The molecule has 1 N–H and O–H groups in total. The highest BCUT2D eigenvalue weighted by molar-refractivity contribution is 5.88.